The van der Waals surface area contributed by atoms with Gasteiger partial charge in [0.2, 0.25) is 5.78 Å². The van der Waals surface area contributed by atoms with Crippen LogP contribution in [0.1, 0.15) is 27.0 Å². The molecule has 1 aromatic heterocycles. The molecule has 0 bridgehead atoms. The first-order valence-electron chi connectivity index (χ1n) is 10.4. The van der Waals surface area contributed by atoms with Gasteiger partial charge in [-0.05, 0) is 18.6 Å². The third kappa shape index (κ3) is 3.01. The molecule has 3 aromatic carbocycles. The van der Waals surface area contributed by atoms with Crippen LogP contribution in [0.2, 0.25) is 0 Å². The lowest BCUT2D eigenvalue weighted by Gasteiger charge is -2.28. The molecule has 0 radical (unpaired) electrons. The van der Waals surface area contributed by atoms with Crippen LogP contribution in [0, 0.1) is 24.2 Å². The molecule has 1 aliphatic heterocycles. The number of hydrogen-bond acceptors (Lipinski definition) is 4. The Morgan fingerprint density at radius 3 is 2.41 bits per heavy atom. The minimum Gasteiger partial charge on any atom is -0.365 e. The number of aromatic nitrogens is 1. The summed E-state index contributed by atoms with van der Waals surface area (Å²) in [5.74, 6) is -1.26. The highest BCUT2D eigenvalue weighted by Crippen LogP contribution is 2.46. The van der Waals surface area contributed by atoms with Crippen LogP contribution in [0.15, 0.2) is 90.8 Å². The Labute approximate surface area is 185 Å². The van der Waals surface area contributed by atoms with Crippen LogP contribution in [0.25, 0.3) is 16.5 Å². The SMILES string of the molecule is Cc1ccc(C2=C(C(=O)c3ccccc3)NC(O)(c3c[nH]c4ccccc34)C2C#N)cc1. The fourth-order valence-electron chi connectivity index (χ4n) is 4.41. The monoisotopic (exact) mass is 419 g/mol. The Bertz CT molecular complexity index is 1390. The predicted molar refractivity (Wildman–Crippen MR) is 123 cm³/mol. The maximum absolute atomic E-state index is 13.5. The van der Waals surface area contributed by atoms with Crippen LogP contribution in [0.3, 0.4) is 0 Å². The summed E-state index contributed by atoms with van der Waals surface area (Å²) in [6, 6.07) is 26.4. The first-order valence-corrected chi connectivity index (χ1v) is 10.4. The number of nitriles is 1. The molecule has 0 fully saturated rings. The largest absolute Gasteiger partial charge is 0.365 e. The zero-order valence-electron chi connectivity index (χ0n) is 17.5. The number of aryl methyl sites for hydroxylation is 1. The molecule has 5 heteroatoms. The molecule has 0 saturated heterocycles. The van der Waals surface area contributed by atoms with Crippen molar-refractivity contribution in [2.45, 2.75) is 12.6 Å². The van der Waals surface area contributed by atoms with Crippen molar-refractivity contribution in [1.29, 1.82) is 5.26 Å². The lowest BCUT2D eigenvalue weighted by molar-refractivity contribution is 0.00259. The van der Waals surface area contributed by atoms with Crippen molar-refractivity contribution in [1.82, 2.24) is 10.3 Å². The summed E-state index contributed by atoms with van der Waals surface area (Å²) in [4.78, 5) is 16.7. The van der Waals surface area contributed by atoms with Crippen LogP contribution < -0.4 is 5.32 Å². The predicted octanol–water partition coefficient (Wildman–Crippen LogP) is 4.66. The zero-order chi connectivity index (χ0) is 22.3. The van der Waals surface area contributed by atoms with Gasteiger partial charge in [0.15, 0.2) is 5.72 Å². The Morgan fingerprint density at radius 2 is 1.69 bits per heavy atom. The molecule has 2 heterocycles. The van der Waals surface area contributed by atoms with E-state index in [9.17, 15) is 15.2 Å². The highest BCUT2D eigenvalue weighted by molar-refractivity contribution is 6.14. The van der Waals surface area contributed by atoms with Crippen molar-refractivity contribution in [3.05, 3.63) is 113 Å². The molecule has 156 valence electrons. The number of para-hydroxylation sites is 1. The van der Waals surface area contributed by atoms with Crippen LogP contribution in [0.5, 0.6) is 0 Å². The Morgan fingerprint density at radius 1 is 1.00 bits per heavy atom. The average molecular weight is 419 g/mol. The van der Waals surface area contributed by atoms with E-state index in [1.165, 1.54) is 0 Å². The summed E-state index contributed by atoms with van der Waals surface area (Å²) in [5, 5.41) is 26.0. The standard InChI is InChI=1S/C27H21N3O2/c1-17-11-13-18(14-12-17)24-21(15-28)27(32,22-16-29-23-10-6-5-9-20(22)23)30-25(24)26(31)19-7-3-2-4-8-19/h2-14,16,21,29-30,32H,1H3. The third-order valence-electron chi connectivity index (χ3n) is 6.05. The number of allylic oxidation sites excluding steroid dienone is 1. The third-order valence-corrected chi connectivity index (χ3v) is 6.05. The molecule has 0 saturated carbocycles. The number of ketones is 1. The normalized spacial score (nSPS) is 20.2. The van der Waals surface area contributed by atoms with Gasteiger partial charge < -0.3 is 15.4 Å². The topological polar surface area (TPSA) is 88.9 Å². The second kappa shape index (κ2) is 7.52. The quantitative estimate of drug-likeness (QED) is 0.420. The van der Waals surface area contributed by atoms with Crippen LogP contribution in [0.4, 0.5) is 0 Å². The number of hydrogen-bond donors (Lipinski definition) is 3. The minimum atomic E-state index is -1.77. The van der Waals surface area contributed by atoms with Gasteiger partial charge >= 0.3 is 0 Å². The lowest BCUT2D eigenvalue weighted by Crippen LogP contribution is -2.43. The van der Waals surface area contributed by atoms with E-state index in [4.69, 9.17) is 0 Å². The van der Waals surface area contributed by atoms with Gasteiger partial charge in [0.1, 0.15) is 5.92 Å². The number of fused-ring (bicyclic) bond motifs is 1. The van der Waals surface area contributed by atoms with Gasteiger partial charge in [0.25, 0.3) is 0 Å². The fourth-order valence-corrected chi connectivity index (χ4v) is 4.41. The van der Waals surface area contributed by atoms with Gasteiger partial charge in [-0.1, -0.05) is 78.4 Å². The second-order valence-corrected chi connectivity index (χ2v) is 8.05. The minimum absolute atomic E-state index is 0.236. The van der Waals surface area contributed by atoms with Gasteiger partial charge in [0.05, 0.1) is 11.8 Å². The van der Waals surface area contributed by atoms with Gasteiger partial charge in [-0.2, -0.15) is 5.26 Å². The molecule has 5 rings (SSSR count). The first kappa shape index (κ1) is 19.8. The maximum atomic E-state index is 13.5. The zero-order valence-corrected chi connectivity index (χ0v) is 17.5. The van der Waals surface area contributed by atoms with E-state index in [0.29, 0.717) is 16.7 Å². The highest BCUT2D eigenvalue weighted by atomic mass is 16.3. The highest BCUT2D eigenvalue weighted by Gasteiger charge is 2.51. The summed E-state index contributed by atoms with van der Waals surface area (Å²) >= 11 is 0. The summed E-state index contributed by atoms with van der Waals surface area (Å²) in [7, 11) is 0. The van der Waals surface area contributed by atoms with Crippen LogP contribution in [-0.2, 0) is 5.72 Å². The van der Waals surface area contributed by atoms with Crippen LogP contribution in [-0.4, -0.2) is 15.9 Å². The van der Waals surface area contributed by atoms with Crippen molar-refractivity contribution >= 4 is 22.3 Å². The molecule has 4 aromatic rings. The number of carbonyl (C=O) groups excluding carboxylic acids is 1. The van der Waals surface area contributed by atoms with E-state index < -0.39 is 11.6 Å². The molecule has 1 aliphatic rings. The summed E-state index contributed by atoms with van der Waals surface area (Å²) in [5.41, 5.74) is 2.61. The van der Waals surface area contributed by atoms with Crippen molar-refractivity contribution in [2.75, 3.05) is 0 Å². The second-order valence-electron chi connectivity index (χ2n) is 8.05. The number of aliphatic hydroxyl groups is 1. The molecule has 5 nitrogen and oxygen atoms in total. The van der Waals surface area contributed by atoms with Crippen molar-refractivity contribution < 1.29 is 9.90 Å². The number of aromatic amines is 1. The Kier molecular flexibility index (Phi) is 4.66. The number of nitrogens with one attached hydrogen (secondary N) is 2. The molecule has 0 amide bonds. The Balaban J connectivity index is 1.72. The van der Waals surface area contributed by atoms with Gasteiger partial charge in [0, 0.05) is 33.8 Å². The summed E-state index contributed by atoms with van der Waals surface area (Å²) < 4.78 is 0. The number of H-pyrrole nitrogens is 1. The van der Waals surface area contributed by atoms with Gasteiger partial charge in [-0.25, -0.2) is 0 Å². The molecular weight excluding hydrogens is 398 g/mol. The smallest absolute Gasteiger partial charge is 0.209 e. The van der Waals surface area contributed by atoms with Crippen molar-refractivity contribution in [3.63, 3.8) is 0 Å². The number of carbonyl (C=O) groups is 1. The molecule has 3 N–H and O–H groups in total. The maximum Gasteiger partial charge on any atom is 0.209 e. The molecule has 0 aliphatic carbocycles. The number of Topliss-reactive ketones (excluding diaryl/α,β-unsaturated/α-hetero) is 1. The van der Waals surface area contributed by atoms with E-state index in [1.807, 2.05) is 61.5 Å². The first-order chi connectivity index (χ1) is 15.5. The van der Waals surface area contributed by atoms with Gasteiger partial charge in [-0.3, -0.25) is 4.79 Å². The van der Waals surface area contributed by atoms with E-state index in [-0.39, 0.29) is 11.5 Å². The number of nitrogens with zero attached hydrogens (tertiary/aromatic N) is 1. The van der Waals surface area contributed by atoms with Crippen LogP contribution >= 0.6 is 0 Å². The molecule has 0 spiro atoms. The molecule has 2 atom stereocenters. The average Bonchev–Trinajstić information content (AvgIpc) is 3.39. The lowest BCUT2D eigenvalue weighted by atomic mass is 9.83. The molecule has 2 unspecified atom stereocenters. The van der Waals surface area contributed by atoms with E-state index in [0.717, 1.165) is 22.0 Å². The number of benzene rings is 3. The molecule has 32 heavy (non-hydrogen) atoms. The summed E-state index contributed by atoms with van der Waals surface area (Å²) in [6.07, 6.45) is 1.70. The van der Waals surface area contributed by atoms with Crippen molar-refractivity contribution in [2.24, 2.45) is 5.92 Å². The van der Waals surface area contributed by atoms with E-state index in [2.05, 4.69) is 16.4 Å². The van der Waals surface area contributed by atoms with E-state index in [1.54, 1.807) is 30.5 Å². The van der Waals surface area contributed by atoms with E-state index >= 15 is 0 Å². The van der Waals surface area contributed by atoms with Crippen molar-refractivity contribution in [3.8, 4) is 6.07 Å². The number of rotatable bonds is 4. The Hall–Kier alpha value is -4.14. The van der Waals surface area contributed by atoms with Gasteiger partial charge in [-0.15, -0.1) is 0 Å². The fraction of sp³-hybridized carbons (Fsp3) is 0.111. The summed E-state index contributed by atoms with van der Waals surface area (Å²) in [6.45, 7) is 1.98. The molecular formula is C27H21N3O2.